The van der Waals surface area contributed by atoms with Gasteiger partial charge in [0.2, 0.25) is 0 Å². The van der Waals surface area contributed by atoms with Gasteiger partial charge in [0.25, 0.3) is 0 Å². The molecule has 0 aromatic heterocycles. The Hall–Kier alpha value is -1.64. The van der Waals surface area contributed by atoms with E-state index in [2.05, 4.69) is 0 Å². The predicted octanol–water partition coefficient (Wildman–Crippen LogP) is 2.95. The molecule has 80 valence electrons. The third-order valence-corrected chi connectivity index (χ3v) is 1.98. The number of carbonyl (C=O) groups is 1. The molecule has 2 nitrogen and oxygen atoms in total. The zero-order valence-corrected chi connectivity index (χ0v) is 8.48. The number of hydrogen-bond donors (Lipinski definition) is 1. The van der Waals surface area contributed by atoms with Crippen molar-refractivity contribution >= 4 is 12.0 Å². The molecule has 0 saturated carbocycles. The third-order valence-electron chi connectivity index (χ3n) is 1.98. The average Bonchev–Trinajstić information content (AvgIpc) is 2.16. The van der Waals surface area contributed by atoms with E-state index in [1.165, 1.54) is 12.1 Å². The number of aliphatic carboxylic acids is 1. The van der Waals surface area contributed by atoms with Crippen LogP contribution < -0.4 is 0 Å². The maximum absolute atomic E-state index is 12.6. The minimum Gasteiger partial charge on any atom is -0.481 e. The maximum atomic E-state index is 12.6. The van der Waals surface area contributed by atoms with E-state index in [0.29, 0.717) is 0 Å². The number of rotatable bonds is 4. The molecule has 0 saturated heterocycles. The quantitative estimate of drug-likeness (QED) is 0.825. The summed E-state index contributed by atoms with van der Waals surface area (Å²) in [4.78, 5) is 10.4. The Balaban J connectivity index is 2.57. The van der Waals surface area contributed by atoms with Crippen LogP contribution in [0.5, 0.6) is 0 Å². The van der Waals surface area contributed by atoms with E-state index in [1.54, 1.807) is 24.3 Å². The number of hydrogen-bond acceptors (Lipinski definition) is 1. The first kappa shape index (κ1) is 11.4. The van der Waals surface area contributed by atoms with Gasteiger partial charge in [-0.2, -0.15) is 0 Å². The Morgan fingerprint density at radius 3 is 2.60 bits per heavy atom. The van der Waals surface area contributed by atoms with Crippen LogP contribution in [-0.2, 0) is 4.79 Å². The second kappa shape index (κ2) is 5.29. The van der Waals surface area contributed by atoms with Gasteiger partial charge in [-0.1, -0.05) is 31.2 Å². The molecule has 1 unspecified atom stereocenters. The first-order valence-electron chi connectivity index (χ1n) is 4.73. The van der Waals surface area contributed by atoms with Crippen molar-refractivity contribution in [3.63, 3.8) is 0 Å². The van der Waals surface area contributed by atoms with Gasteiger partial charge in [0.1, 0.15) is 5.82 Å². The van der Waals surface area contributed by atoms with E-state index in [0.717, 1.165) is 5.56 Å². The lowest BCUT2D eigenvalue weighted by Crippen LogP contribution is -2.00. The van der Waals surface area contributed by atoms with E-state index in [-0.39, 0.29) is 18.2 Å². The summed E-state index contributed by atoms with van der Waals surface area (Å²) in [5.41, 5.74) is 0.869. The summed E-state index contributed by atoms with van der Waals surface area (Å²) >= 11 is 0. The van der Waals surface area contributed by atoms with Gasteiger partial charge >= 0.3 is 5.97 Å². The van der Waals surface area contributed by atoms with Crippen LogP contribution in [0.1, 0.15) is 18.9 Å². The summed E-state index contributed by atoms with van der Waals surface area (Å²) in [5.74, 6) is -1.11. The lowest BCUT2D eigenvalue weighted by molar-refractivity contribution is -0.137. The molecule has 0 bridgehead atoms. The van der Waals surface area contributed by atoms with E-state index in [9.17, 15) is 9.18 Å². The summed E-state index contributed by atoms with van der Waals surface area (Å²) in [6, 6.07) is 6.06. The highest BCUT2D eigenvalue weighted by atomic mass is 19.1. The van der Waals surface area contributed by atoms with Gasteiger partial charge in [0.05, 0.1) is 6.42 Å². The van der Waals surface area contributed by atoms with E-state index >= 15 is 0 Å². The number of carboxylic acids is 1. The van der Waals surface area contributed by atoms with Crippen LogP contribution in [0, 0.1) is 11.7 Å². The SMILES string of the molecule is CC(/C=C/c1ccc(F)cc1)CC(=O)O. The largest absolute Gasteiger partial charge is 0.481 e. The van der Waals surface area contributed by atoms with Crippen LogP contribution in [0.15, 0.2) is 30.3 Å². The Labute approximate surface area is 88.1 Å². The maximum Gasteiger partial charge on any atom is 0.303 e. The normalized spacial score (nSPS) is 12.9. The monoisotopic (exact) mass is 208 g/mol. The highest BCUT2D eigenvalue weighted by Gasteiger charge is 2.02. The topological polar surface area (TPSA) is 37.3 Å². The lowest BCUT2D eigenvalue weighted by Gasteiger charge is -2.00. The number of halogens is 1. The van der Waals surface area contributed by atoms with Gasteiger partial charge in [0.15, 0.2) is 0 Å². The Morgan fingerprint density at radius 2 is 2.07 bits per heavy atom. The fourth-order valence-corrected chi connectivity index (χ4v) is 1.19. The van der Waals surface area contributed by atoms with Crippen molar-refractivity contribution in [3.8, 4) is 0 Å². The first-order valence-corrected chi connectivity index (χ1v) is 4.73. The molecule has 0 spiro atoms. The predicted molar refractivity (Wildman–Crippen MR) is 56.9 cm³/mol. The van der Waals surface area contributed by atoms with E-state index in [1.807, 2.05) is 6.92 Å². The highest BCUT2D eigenvalue weighted by molar-refractivity contribution is 5.67. The number of carboxylic acid groups (broad SMARTS) is 1. The zero-order chi connectivity index (χ0) is 11.3. The molecule has 1 N–H and O–H groups in total. The second-order valence-corrected chi connectivity index (χ2v) is 3.49. The number of allylic oxidation sites excluding steroid dienone is 1. The van der Waals surface area contributed by atoms with Gasteiger partial charge in [-0.25, -0.2) is 4.39 Å². The van der Waals surface area contributed by atoms with Crippen molar-refractivity contribution < 1.29 is 14.3 Å². The molecule has 15 heavy (non-hydrogen) atoms. The average molecular weight is 208 g/mol. The van der Waals surface area contributed by atoms with Crippen LogP contribution >= 0.6 is 0 Å². The third kappa shape index (κ3) is 4.40. The fraction of sp³-hybridized carbons (Fsp3) is 0.250. The summed E-state index contributed by atoms with van der Waals surface area (Å²) in [7, 11) is 0. The van der Waals surface area contributed by atoms with Crippen molar-refractivity contribution in [2.75, 3.05) is 0 Å². The van der Waals surface area contributed by atoms with Crippen LogP contribution in [0.2, 0.25) is 0 Å². The molecule has 0 aliphatic carbocycles. The van der Waals surface area contributed by atoms with Crippen molar-refractivity contribution in [1.82, 2.24) is 0 Å². The number of benzene rings is 1. The van der Waals surface area contributed by atoms with Gasteiger partial charge in [-0.3, -0.25) is 4.79 Å². The molecule has 0 amide bonds. The molecular weight excluding hydrogens is 195 g/mol. The lowest BCUT2D eigenvalue weighted by atomic mass is 10.1. The second-order valence-electron chi connectivity index (χ2n) is 3.49. The van der Waals surface area contributed by atoms with Gasteiger partial charge in [-0.15, -0.1) is 0 Å². The van der Waals surface area contributed by atoms with Crippen LogP contribution in [-0.4, -0.2) is 11.1 Å². The molecule has 3 heteroatoms. The summed E-state index contributed by atoms with van der Waals surface area (Å²) in [5, 5.41) is 8.53. The van der Waals surface area contributed by atoms with Gasteiger partial charge < -0.3 is 5.11 Å². The molecule has 0 heterocycles. The molecule has 1 atom stereocenters. The van der Waals surface area contributed by atoms with Crippen molar-refractivity contribution in [3.05, 3.63) is 41.7 Å². The molecule has 1 aromatic carbocycles. The molecule has 1 rings (SSSR count). The molecule has 1 aromatic rings. The summed E-state index contributed by atoms with van der Waals surface area (Å²) < 4.78 is 12.6. The summed E-state index contributed by atoms with van der Waals surface area (Å²) in [6.07, 6.45) is 3.71. The molecule has 0 aliphatic heterocycles. The molecule has 0 radical (unpaired) electrons. The Kier molecular flexibility index (Phi) is 4.03. The van der Waals surface area contributed by atoms with Gasteiger partial charge in [-0.05, 0) is 23.6 Å². The minimum atomic E-state index is -0.814. The first-order chi connectivity index (χ1) is 7.08. The van der Waals surface area contributed by atoms with Crippen molar-refractivity contribution in [1.29, 1.82) is 0 Å². The smallest absolute Gasteiger partial charge is 0.303 e. The molecular formula is C12H13FO2. The van der Waals surface area contributed by atoms with Gasteiger partial charge in [0, 0.05) is 0 Å². The highest BCUT2D eigenvalue weighted by Crippen LogP contribution is 2.09. The molecule has 0 aliphatic rings. The van der Waals surface area contributed by atoms with Crippen LogP contribution in [0.3, 0.4) is 0 Å². The minimum absolute atomic E-state index is 0.0208. The summed E-state index contributed by atoms with van der Waals surface area (Å²) in [6.45, 7) is 1.83. The van der Waals surface area contributed by atoms with Crippen molar-refractivity contribution in [2.24, 2.45) is 5.92 Å². The standard InChI is InChI=1S/C12H13FO2/c1-9(8-12(14)15)2-3-10-4-6-11(13)7-5-10/h2-7,9H,8H2,1H3,(H,14,15)/b3-2+. The Bertz CT molecular complexity index is 354. The Morgan fingerprint density at radius 1 is 1.47 bits per heavy atom. The van der Waals surface area contributed by atoms with Crippen LogP contribution in [0.4, 0.5) is 4.39 Å². The van der Waals surface area contributed by atoms with E-state index in [4.69, 9.17) is 5.11 Å². The zero-order valence-electron chi connectivity index (χ0n) is 8.48. The fourth-order valence-electron chi connectivity index (χ4n) is 1.19. The van der Waals surface area contributed by atoms with E-state index < -0.39 is 5.97 Å². The van der Waals surface area contributed by atoms with Crippen molar-refractivity contribution in [2.45, 2.75) is 13.3 Å². The van der Waals surface area contributed by atoms with Crippen LogP contribution in [0.25, 0.3) is 6.08 Å². The molecule has 0 fully saturated rings.